The smallest absolute Gasteiger partial charge is 0.267 e. The van der Waals surface area contributed by atoms with Crippen molar-refractivity contribution in [2.75, 3.05) is 33.9 Å². The Morgan fingerprint density at radius 3 is 2.79 bits per heavy atom. The molecule has 0 aromatic carbocycles. The lowest BCUT2D eigenvalue weighted by Gasteiger charge is -2.22. The van der Waals surface area contributed by atoms with Gasteiger partial charge in [-0.15, -0.1) is 11.3 Å². The number of hydrogen-bond donors (Lipinski definition) is 1. The summed E-state index contributed by atoms with van der Waals surface area (Å²) < 4.78 is 10.2. The average Bonchev–Trinajstić information content (AvgIpc) is 2.86. The standard InChI is InChI=1S/C12H18N2O3S2/c1-16-7-6-14(5-3-10(13)18)12(15)11-9(17-2)4-8-19-11/h4,8H,3,5-7H2,1-2H3,(H2,13,18). The fraction of sp³-hybridized carbons (Fsp3) is 0.500. The Morgan fingerprint density at radius 2 is 2.21 bits per heavy atom. The highest BCUT2D eigenvalue weighted by atomic mass is 32.1. The molecular weight excluding hydrogens is 284 g/mol. The summed E-state index contributed by atoms with van der Waals surface area (Å²) in [6, 6.07) is 1.78. The molecule has 0 aliphatic carbocycles. The predicted octanol–water partition coefficient (Wildman–Crippen LogP) is 1.52. The van der Waals surface area contributed by atoms with E-state index in [9.17, 15) is 4.79 Å². The van der Waals surface area contributed by atoms with Gasteiger partial charge in [-0.25, -0.2) is 0 Å². The monoisotopic (exact) mass is 302 g/mol. The number of rotatable bonds is 8. The quantitative estimate of drug-likeness (QED) is 0.738. The molecule has 1 heterocycles. The Hall–Kier alpha value is -1.18. The molecule has 1 aromatic heterocycles. The van der Waals surface area contributed by atoms with Crippen LogP contribution in [0.15, 0.2) is 11.4 Å². The molecular formula is C12H18N2O3S2. The lowest BCUT2D eigenvalue weighted by atomic mass is 10.3. The molecule has 0 saturated heterocycles. The highest BCUT2D eigenvalue weighted by molar-refractivity contribution is 7.80. The van der Waals surface area contributed by atoms with E-state index in [0.29, 0.717) is 41.7 Å². The van der Waals surface area contributed by atoms with Gasteiger partial charge in [0.1, 0.15) is 10.6 Å². The highest BCUT2D eigenvalue weighted by Crippen LogP contribution is 2.25. The third-order valence-electron chi connectivity index (χ3n) is 2.52. The minimum absolute atomic E-state index is 0.0832. The van der Waals surface area contributed by atoms with E-state index in [1.165, 1.54) is 11.3 Å². The normalized spacial score (nSPS) is 10.2. The number of nitrogens with two attached hydrogens (primary N) is 1. The second-order valence-corrected chi connectivity index (χ2v) is 5.26. The van der Waals surface area contributed by atoms with E-state index in [-0.39, 0.29) is 5.91 Å². The molecule has 5 nitrogen and oxygen atoms in total. The van der Waals surface area contributed by atoms with Crippen molar-refractivity contribution in [3.63, 3.8) is 0 Å². The minimum Gasteiger partial charge on any atom is -0.495 e. The second-order valence-electron chi connectivity index (χ2n) is 3.82. The summed E-state index contributed by atoms with van der Waals surface area (Å²) in [5.41, 5.74) is 5.48. The zero-order valence-electron chi connectivity index (χ0n) is 11.0. The molecule has 2 N–H and O–H groups in total. The zero-order valence-corrected chi connectivity index (χ0v) is 12.7. The summed E-state index contributed by atoms with van der Waals surface area (Å²) in [5, 5.41) is 1.83. The summed E-state index contributed by atoms with van der Waals surface area (Å²) in [6.45, 7) is 1.45. The number of carbonyl (C=O) groups excluding carboxylic acids is 1. The van der Waals surface area contributed by atoms with Crippen molar-refractivity contribution in [1.29, 1.82) is 0 Å². The van der Waals surface area contributed by atoms with Crippen LogP contribution in [0.4, 0.5) is 0 Å². The van der Waals surface area contributed by atoms with Gasteiger partial charge in [-0.1, -0.05) is 12.2 Å². The van der Waals surface area contributed by atoms with Gasteiger partial charge in [0, 0.05) is 26.6 Å². The fourth-order valence-corrected chi connectivity index (χ4v) is 2.44. The minimum atomic E-state index is -0.0832. The first kappa shape index (κ1) is 15.9. The zero-order chi connectivity index (χ0) is 14.3. The lowest BCUT2D eigenvalue weighted by molar-refractivity contribution is 0.0703. The number of ether oxygens (including phenoxy) is 2. The Bertz CT molecular complexity index is 434. The maximum absolute atomic E-state index is 12.4. The molecule has 19 heavy (non-hydrogen) atoms. The maximum Gasteiger partial charge on any atom is 0.267 e. The SMILES string of the molecule is COCCN(CCC(N)=S)C(=O)c1sccc1OC. The van der Waals surface area contributed by atoms with Crippen LogP contribution < -0.4 is 10.5 Å². The van der Waals surface area contributed by atoms with E-state index in [1.54, 1.807) is 25.2 Å². The molecule has 106 valence electrons. The highest BCUT2D eigenvalue weighted by Gasteiger charge is 2.20. The second kappa shape index (κ2) is 8.08. The Kier molecular flexibility index (Phi) is 6.75. The molecule has 0 aliphatic rings. The number of carbonyl (C=O) groups is 1. The van der Waals surface area contributed by atoms with Gasteiger partial charge in [0.2, 0.25) is 0 Å². The van der Waals surface area contributed by atoms with Crippen molar-refractivity contribution < 1.29 is 14.3 Å². The third-order valence-corrected chi connectivity index (χ3v) is 3.61. The largest absolute Gasteiger partial charge is 0.495 e. The van der Waals surface area contributed by atoms with E-state index >= 15 is 0 Å². The number of nitrogens with zero attached hydrogens (tertiary/aromatic N) is 1. The number of amides is 1. The molecule has 0 atom stereocenters. The number of thiocarbonyl (C=S) groups is 1. The predicted molar refractivity (Wildman–Crippen MR) is 80.1 cm³/mol. The molecule has 1 amide bonds. The first-order valence-corrected chi connectivity index (χ1v) is 7.07. The fourth-order valence-electron chi connectivity index (χ4n) is 1.52. The van der Waals surface area contributed by atoms with Crippen molar-refractivity contribution in [3.8, 4) is 5.75 Å². The molecule has 1 rings (SSSR count). The molecule has 0 spiro atoms. The van der Waals surface area contributed by atoms with Crippen LogP contribution in [0.25, 0.3) is 0 Å². The van der Waals surface area contributed by atoms with Crippen LogP contribution >= 0.6 is 23.6 Å². The van der Waals surface area contributed by atoms with Gasteiger partial charge in [-0.3, -0.25) is 4.79 Å². The van der Waals surface area contributed by atoms with E-state index in [0.717, 1.165) is 0 Å². The summed E-state index contributed by atoms with van der Waals surface area (Å²) in [7, 11) is 3.15. The van der Waals surface area contributed by atoms with Crippen molar-refractivity contribution in [2.45, 2.75) is 6.42 Å². The van der Waals surface area contributed by atoms with E-state index in [4.69, 9.17) is 27.4 Å². The van der Waals surface area contributed by atoms with Gasteiger partial charge < -0.3 is 20.1 Å². The topological polar surface area (TPSA) is 64.8 Å². The van der Waals surface area contributed by atoms with Crippen molar-refractivity contribution in [2.24, 2.45) is 5.73 Å². The van der Waals surface area contributed by atoms with Gasteiger partial charge in [-0.05, 0) is 11.4 Å². The summed E-state index contributed by atoms with van der Waals surface area (Å²) in [6.07, 6.45) is 0.498. The van der Waals surface area contributed by atoms with Crippen LogP contribution in [0, 0.1) is 0 Å². The van der Waals surface area contributed by atoms with Gasteiger partial charge in [0.15, 0.2) is 0 Å². The van der Waals surface area contributed by atoms with Gasteiger partial charge >= 0.3 is 0 Å². The molecule has 0 unspecified atom stereocenters. The maximum atomic E-state index is 12.4. The Labute approximate surface area is 122 Å². The third kappa shape index (κ3) is 4.77. The van der Waals surface area contributed by atoms with Crippen molar-refractivity contribution in [3.05, 3.63) is 16.3 Å². The van der Waals surface area contributed by atoms with Crippen LogP contribution in [-0.4, -0.2) is 49.7 Å². The van der Waals surface area contributed by atoms with Gasteiger partial charge in [-0.2, -0.15) is 0 Å². The average molecular weight is 302 g/mol. The number of hydrogen-bond acceptors (Lipinski definition) is 5. The van der Waals surface area contributed by atoms with Gasteiger partial charge in [0.25, 0.3) is 5.91 Å². The van der Waals surface area contributed by atoms with Crippen LogP contribution in [-0.2, 0) is 4.74 Å². The molecule has 0 fully saturated rings. The van der Waals surface area contributed by atoms with Crippen LogP contribution in [0.2, 0.25) is 0 Å². The van der Waals surface area contributed by atoms with Crippen LogP contribution in [0.3, 0.4) is 0 Å². The van der Waals surface area contributed by atoms with E-state index in [2.05, 4.69) is 0 Å². The summed E-state index contributed by atoms with van der Waals surface area (Å²) in [5.74, 6) is 0.507. The first-order chi connectivity index (χ1) is 9.10. The van der Waals surface area contributed by atoms with Crippen molar-refractivity contribution >= 4 is 34.5 Å². The Morgan fingerprint density at radius 1 is 1.47 bits per heavy atom. The lowest BCUT2D eigenvalue weighted by Crippen LogP contribution is -2.36. The first-order valence-electron chi connectivity index (χ1n) is 5.78. The Balaban J connectivity index is 2.77. The molecule has 0 bridgehead atoms. The summed E-state index contributed by atoms with van der Waals surface area (Å²) >= 11 is 6.21. The molecule has 1 aromatic rings. The van der Waals surface area contributed by atoms with Crippen LogP contribution in [0.5, 0.6) is 5.75 Å². The molecule has 0 aliphatic heterocycles. The van der Waals surface area contributed by atoms with Crippen molar-refractivity contribution in [1.82, 2.24) is 4.90 Å². The van der Waals surface area contributed by atoms with Crippen LogP contribution in [0.1, 0.15) is 16.1 Å². The molecule has 7 heteroatoms. The molecule has 0 radical (unpaired) electrons. The van der Waals surface area contributed by atoms with E-state index in [1.807, 2.05) is 5.38 Å². The number of methoxy groups -OCH3 is 2. The van der Waals surface area contributed by atoms with E-state index < -0.39 is 0 Å². The summed E-state index contributed by atoms with van der Waals surface area (Å²) in [4.78, 5) is 15.1. The van der Waals surface area contributed by atoms with Gasteiger partial charge in [0.05, 0.1) is 18.7 Å². The number of thiophene rings is 1. The molecule has 0 saturated carbocycles.